The molecule has 0 radical (unpaired) electrons. The van der Waals surface area contributed by atoms with Gasteiger partial charge in [-0.15, -0.1) is 0 Å². The number of nitrogens with one attached hydrogen (secondary N) is 1. The molecule has 20 heavy (non-hydrogen) atoms. The van der Waals surface area contributed by atoms with Crippen LogP contribution in [0.5, 0.6) is 5.75 Å². The number of hydrogen-bond donors (Lipinski definition) is 2. The van der Waals surface area contributed by atoms with Gasteiger partial charge in [-0.3, -0.25) is 4.72 Å². The summed E-state index contributed by atoms with van der Waals surface area (Å²) < 4.78 is 40.0. The molecule has 2 rings (SSSR count). The fraction of sp³-hybridized carbons (Fsp3) is 0.0769. The molecular weight excluding hydrogens is 305 g/mol. The molecule has 106 valence electrons. The molecule has 0 bridgehead atoms. The van der Waals surface area contributed by atoms with Gasteiger partial charge in [0.25, 0.3) is 10.0 Å². The van der Waals surface area contributed by atoms with E-state index >= 15 is 0 Å². The number of hydrogen-bond acceptors (Lipinski definition) is 3. The van der Waals surface area contributed by atoms with Crippen molar-refractivity contribution in [1.82, 2.24) is 0 Å². The lowest BCUT2D eigenvalue weighted by Gasteiger charge is -2.10. The Bertz CT molecular complexity index is 745. The molecule has 0 aliphatic rings. The summed E-state index contributed by atoms with van der Waals surface area (Å²) in [5.41, 5.74) is 0.580. The van der Waals surface area contributed by atoms with Gasteiger partial charge in [-0.05, 0) is 31.2 Å². The van der Waals surface area contributed by atoms with Crippen LogP contribution < -0.4 is 4.72 Å². The van der Waals surface area contributed by atoms with Crippen molar-refractivity contribution in [1.29, 1.82) is 0 Å². The second-order valence-electron chi connectivity index (χ2n) is 4.18. The predicted molar refractivity (Wildman–Crippen MR) is 75.1 cm³/mol. The highest BCUT2D eigenvalue weighted by atomic mass is 35.5. The van der Waals surface area contributed by atoms with E-state index in [9.17, 15) is 17.9 Å². The zero-order valence-electron chi connectivity index (χ0n) is 10.4. The lowest BCUT2D eigenvalue weighted by molar-refractivity contribution is 0.470. The molecule has 0 atom stereocenters. The third-order valence-corrected chi connectivity index (χ3v) is 4.38. The summed E-state index contributed by atoms with van der Waals surface area (Å²) in [5.74, 6) is -1.48. The van der Waals surface area contributed by atoms with E-state index in [1.54, 1.807) is 12.1 Å². The van der Waals surface area contributed by atoms with Crippen LogP contribution in [0.3, 0.4) is 0 Å². The summed E-state index contributed by atoms with van der Waals surface area (Å²) in [6.45, 7) is 1.82. The van der Waals surface area contributed by atoms with Crippen LogP contribution in [-0.4, -0.2) is 13.5 Å². The first kappa shape index (κ1) is 14.6. The normalized spacial score (nSPS) is 11.3. The van der Waals surface area contributed by atoms with Crippen LogP contribution >= 0.6 is 11.6 Å². The van der Waals surface area contributed by atoms with Crippen molar-refractivity contribution in [2.24, 2.45) is 0 Å². The Morgan fingerprint density at radius 2 is 1.75 bits per heavy atom. The van der Waals surface area contributed by atoms with E-state index in [4.69, 9.17) is 11.6 Å². The molecule has 0 saturated carbocycles. The average molecular weight is 316 g/mol. The molecule has 7 heteroatoms. The molecule has 0 fully saturated rings. The van der Waals surface area contributed by atoms with Gasteiger partial charge >= 0.3 is 0 Å². The fourth-order valence-corrected chi connectivity index (χ4v) is 2.76. The van der Waals surface area contributed by atoms with Crippen LogP contribution in [0.15, 0.2) is 41.3 Å². The fourth-order valence-electron chi connectivity index (χ4n) is 1.54. The molecule has 0 unspecified atom stereocenters. The number of halogens is 2. The Balaban J connectivity index is 2.38. The predicted octanol–water partition coefficient (Wildman–Crippen LogP) is 3.29. The summed E-state index contributed by atoms with van der Waals surface area (Å²) in [7, 11) is -3.91. The molecule has 0 saturated heterocycles. The summed E-state index contributed by atoms with van der Waals surface area (Å²) in [6.07, 6.45) is 0. The summed E-state index contributed by atoms with van der Waals surface area (Å²) in [4.78, 5) is 0.00620. The minimum atomic E-state index is -3.91. The van der Waals surface area contributed by atoms with Crippen molar-refractivity contribution in [2.75, 3.05) is 4.72 Å². The van der Waals surface area contributed by atoms with Gasteiger partial charge in [0, 0.05) is 0 Å². The molecule has 0 amide bonds. The summed E-state index contributed by atoms with van der Waals surface area (Å²) >= 11 is 5.52. The van der Waals surface area contributed by atoms with Gasteiger partial charge in [-0.2, -0.15) is 0 Å². The van der Waals surface area contributed by atoms with Crippen LogP contribution in [0.1, 0.15) is 5.56 Å². The standard InChI is InChI=1S/C13H11ClFNO3S/c1-8-2-4-9(5-3-8)20(18,19)16-10-6-7-11(17)12(14)13(10)15/h2-7,16-17H,1H3. The molecule has 2 aromatic rings. The number of sulfonamides is 1. The van der Waals surface area contributed by atoms with Crippen LogP contribution in [0.25, 0.3) is 0 Å². The number of phenols is 1. The van der Waals surface area contributed by atoms with Gasteiger partial charge in [-0.25, -0.2) is 12.8 Å². The Labute approximate surface area is 120 Å². The number of phenolic OH excluding ortho intramolecular Hbond substituents is 1. The molecule has 2 aromatic carbocycles. The Kier molecular flexibility index (Phi) is 3.87. The van der Waals surface area contributed by atoms with E-state index in [1.807, 2.05) is 6.92 Å². The Morgan fingerprint density at radius 3 is 2.35 bits per heavy atom. The Hall–Kier alpha value is -1.79. The topological polar surface area (TPSA) is 66.4 Å². The van der Waals surface area contributed by atoms with Crippen LogP contribution in [0, 0.1) is 12.7 Å². The SMILES string of the molecule is Cc1ccc(S(=O)(=O)Nc2ccc(O)c(Cl)c2F)cc1. The monoisotopic (exact) mass is 315 g/mol. The van der Waals surface area contributed by atoms with Crippen molar-refractivity contribution in [3.63, 3.8) is 0 Å². The van der Waals surface area contributed by atoms with Crippen LogP contribution in [0.4, 0.5) is 10.1 Å². The van der Waals surface area contributed by atoms with Gasteiger partial charge in [0.15, 0.2) is 5.82 Å². The first-order valence-electron chi connectivity index (χ1n) is 5.58. The number of aromatic hydroxyl groups is 1. The first-order valence-corrected chi connectivity index (χ1v) is 7.44. The largest absolute Gasteiger partial charge is 0.506 e. The van der Waals surface area contributed by atoms with Crippen LogP contribution in [-0.2, 0) is 10.0 Å². The maximum absolute atomic E-state index is 13.8. The van der Waals surface area contributed by atoms with Crippen molar-refractivity contribution in [3.8, 4) is 5.75 Å². The third-order valence-electron chi connectivity index (χ3n) is 2.64. The Morgan fingerprint density at radius 1 is 1.15 bits per heavy atom. The number of rotatable bonds is 3. The molecule has 0 heterocycles. The zero-order valence-corrected chi connectivity index (χ0v) is 12.0. The van der Waals surface area contributed by atoms with E-state index in [2.05, 4.69) is 4.72 Å². The lowest BCUT2D eigenvalue weighted by atomic mass is 10.2. The van der Waals surface area contributed by atoms with E-state index in [0.29, 0.717) is 0 Å². The highest BCUT2D eigenvalue weighted by Gasteiger charge is 2.18. The number of benzene rings is 2. The average Bonchev–Trinajstić information content (AvgIpc) is 2.40. The quantitative estimate of drug-likeness (QED) is 0.854. The first-order chi connectivity index (χ1) is 9.31. The highest BCUT2D eigenvalue weighted by Crippen LogP contribution is 2.32. The molecule has 0 aliphatic carbocycles. The molecule has 0 aromatic heterocycles. The van der Waals surface area contributed by atoms with Gasteiger partial charge in [-0.1, -0.05) is 29.3 Å². The molecular formula is C13H11ClFNO3S. The van der Waals surface area contributed by atoms with E-state index < -0.39 is 26.6 Å². The molecule has 4 nitrogen and oxygen atoms in total. The molecule has 2 N–H and O–H groups in total. The summed E-state index contributed by atoms with van der Waals surface area (Å²) in [6, 6.07) is 8.30. The van der Waals surface area contributed by atoms with Gasteiger partial charge < -0.3 is 5.11 Å². The van der Waals surface area contributed by atoms with Gasteiger partial charge in [0.05, 0.1) is 10.6 Å². The lowest BCUT2D eigenvalue weighted by Crippen LogP contribution is -2.14. The highest BCUT2D eigenvalue weighted by molar-refractivity contribution is 7.92. The van der Waals surface area contributed by atoms with E-state index in [0.717, 1.165) is 17.7 Å². The third kappa shape index (κ3) is 2.86. The van der Waals surface area contributed by atoms with Gasteiger partial charge in [0.2, 0.25) is 0 Å². The number of aryl methyl sites for hydroxylation is 1. The maximum Gasteiger partial charge on any atom is 0.261 e. The van der Waals surface area contributed by atoms with Crippen molar-refractivity contribution in [3.05, 3.63) is 52.8 Å². The van der Waals surface area contributed by atoms with Gasteiger partial charge in [0.1, 0.15) is 10.8 Å². The summed E-state index contributed by atoms with van der Waals surface area (Å²) in [5, 5.41) is 8.69. The number of anilines is 1. The van der Waals surface area contributed by atoms with Crippen molar-refractivity contribution < 1.29 is 17.9 Å². The van der Waals surface area contributed by atoms with Crippen molar-refractivity contribution in [2.45, 2.75) is 11.8 Å². The van der Waals surface area contributed by atoms with Crippen LogP contribution in [0.2, 0.25) is 5.02 Å². The minimum absolute atomic E-state index is 0.00620. The second-order valence-corrected chi connectivity index (χ2v) is 6.24. The van der Waals surface area contributed by atoms with E-state index in [1.165, 1.54) is 12.1 Å². The van der Waals surface area contributed by atoms with E-state index in [-0.39, 0.29) is 10.6 Å². The second kappa shape index (κ2) is 5.30. The van der Waals surface area contributed by atoms with Crippen molar-refractivity contribution >= 4 is 27.3 Å². The molecule has 0 spiro atoms. The maximum atomic E-state index is 13.8. The zero-order chi connectivity index (χ0) is 14.9. The smallest absolute Gasteiger partial charge is 0.261 e. The minimum Gasteiger partial charge on any atom is -0.506 e. The molecule has 0 aliphatic heterocycles.